The van der Waals surface area contributed by atoms with Crippen LogP contribution >= 0.6 is 0 Å². The number of nitrogens with zero attached hydrogens (tertiary/aromatic N) is 2. The smallest absolute Gasteiger partial charge is 0.322 e. The molecular weight excluding hydrogens is 274 g/mol. The third kappa shape index (κ3) is 2.88. The van der Waals surface area contributed by atoms with Gasteiger partial charge in [0.2, 0.25) is 15.9 Å². The van der Waals surface area contributed by atoms with Crippen molar-refractivity contribution in [2.45, 2.75) is 18.5 Å². The van der Waals surface area contributed by atoms with Gasteiger partial charge in [-0.2, -0.15) is 4.31 Å². The molecule has 2 fully saturated rings. The van der Waals surface area contributed by atoms with E-state index in [-0.39, 0.29) is 31.1 Å². The van der Waals surface area contributed by atoms with Crippen molar-refractivity contribution in [3.05, 3.63) is 0 Å². The van der Waals surface area contributed by atoms with Crippen molar-refractivity contribution in [3.63, 3.8) is 0 Å². The van der Waals surface area contributed by atoms with Crippen LogP contribution in [0.3, 0.4) is 0 Å². The summed E-state index contributed by atoms with van der Waals surface area (Å²) in [4.78, 5) is 24.2. The first-order valence-corrected chi connectivity index (χ1v) is 7.54. The van der Waals surface area contributed by atoms with Crippen molar-refractivity contribution < 1.29 is 22.7 Å². The fourth-order valence-corrected chi connectivity index (χ4v) is 3.65. The number of esters is 1. The Labute approximate surface area is 111 Å². The molecule has 0 aliphatic carbocycles. The number of amides is 1. The van der Waals surface area contributed by atoms with Gasteiger partial charge in [-0.15, -0.1) is 0 Å². The van der Waals surface area contributed by atoms with Crippen LogP contribution in [0.1, 0.15) is 6.42 Å². The van der Waals surface area contributed by atoms with Crippen molar-refractivity contribution in [3.8, 4) is 0 Å². The van der Waals surface area contributed by atoms with E-state index in [0.717, 1.165) is 7.11 Å². The van der Waals surface area contributed by atoms with Gasteiger partial charge in [-0.25, -0.2) is 8.42 Å². The second kappa shape index (κ2) is 5.06. The number of carbonyl (C=O) groups is 2. The molecule has 0 bridgehead atoms. The Morgan fingerprint density at radius 3 is 2.53 bits per heavy atom. The summed E-state index contributed by atoms with van der Waals surface area (Å²) in [5.41, 5.74) is 5.68. The topological polar surface area (TPSA) is 110 Å². The molecule has 1 amide bonds. The van der Waals surface area contributed by atoms with E-state index in [1.807, 2.05) is 0 Å². The van der Waals surface area contributed by atoms with Crippen LogP contribution in [0, 0.1) is 0 Å². The Morgan fingerprint density at radius 2 is 2.05 bits per heavy atom. The molecular formula is C10H17N3O5S. The predicted molar refractivity (Wildman–Crippen MR) is 65.5 cm³/mol. The van der Waals surface area contributed by atoms with E-state index in [4.69, 9.17) is 5.73 Å². The molecule has 0 aromatic carbocycles. The summed E-state index contributed by atoms with van der Waals surface area (Å²) in [7, 11) is -2.50. The Kier molecular flexibility index (Phi) is 3.79. The molecule has 2 rings (SSSR count). The van der Waals surface area contributed by atoms with Crippen LogP contribution in [0.2, 0.25) is 0 Å². The maximum absolute atomic E-state index is 11.8. The first kappa shape index (κ1) is 14.2. The molecule has 0 spiro atoms. The number of hydrogen-bond acceptors (Lipinski definition) is 6. The lowest BCUT2D eigenvalue weighted by molar-refractivity contribution is -0.137. The number of likely N-dealkylation sites (tertiary alicyclic amines) is 1. The van der Waals surface area contributed by atoms with Crippen LogP contribution in [0.4, 0.5) is 0 Å². The first-order valence-electron chi connectivity index (χ1n) is 5.93. The molecule has 1 unspecified atom stereocenters. The largest absolute Gasteiger partial charge is 0.468 e. The SMILES string of the molecule is COC(=O)CS(=O)(=O)N1CC(N2CC(N)CC2=O)C1. The van der Waals surface area contributed by atoms with Gasteiger partial charge in [0.05, 0.1) is 13.2 Å². The van der Waals surface area contributed by atoms with E-state index < -0.39 is 21.7 Å². The molecule has 2 aliphatic heterocycles. The van der Waals surface area contributed by atoms with Crippen molar-refractivity contribution in [2.24, 2.45) is 5.73 Å². The maximum Gasteiger partial charge on any atom is 0.322 e. The van der Waals surface area contributed by atoms with Gasteiger partial charge >= 0.3 is 5.97 Å². The van der Waals surface area contributed by atoms with Gasteiger partial charge in [0, 0.05) is 32.1 Å². The molecule has 2 N–H and O–H groups in total. The number of rotatable bonds is 4. The van der Waals surface area contributed by atoms with Crippen molar-refractivity contribution >= 4 is 21.9 Å². The summed E-state index contributed by atoms with van der Waals surface area (Å²) in [6.07, 6.45) is 0.311. The van der Waals surface area contributed by atoms with Crippen molar-refractivity contribution in [2.75, 3.05) is 32.5 Å². The maximum atomic E-state index is 11.8. The lowest BCUT2D eigenvalue weighted by atomic mass is 10.1. The highest BCUT2D eigenvalue weighted by Gasteiger charge is 2.43. The minimum absolute atomic E-state index is 0.0393. The molecule has 2 heterocycles. The van der Waals surface area contributed by atoms with E-state index in [9.17, 15) is 18.0 Å². The molecule has 8 nitrogen and oxygen atoms in total. The number of methoxy groups -OCH3 is 1. The van der Waals surface area contributed by atoms with Crippen LogP contribution in [-0.4, -0.2) is 74.1 Å². The number of carbonyl (C=O) groups excluding carboxylic acids is 2. The highest BCUT2D eigenvalue weighted by molar-refractivity contribution is 7.89. The highest BCUT2D eigenvalue weighted by Crippen LogP contribution is 2.23. The van der Waals surface area contributed by atoms with Crippen LogP contribution in [0.5, 0.6) is 0 Å². The Balaban J connectivity index is 1.89. The van der Waals surface area contributed by atoms with Gasteiger partial charge in [-0.05, 0) is 0 Å². The minimum Gasteiger partial charge on any atom is -0.468 e. The molecule has 9 heteroatoms. The van der Waals surface area contributed by atoms with E-state index in [1.165, 1.54) is 4.31 Å². The minimum atomic E-state index is -3.64. The van der Waals surface area contributed by atoms with E-state index in [2.05, 4.69) is 4.74 Å². The zero-order valence-corrected chi connectivity index (χ0v) is 11.4. The van der Waals surface area contributed by atoms with Gasteiger partial charge in [-0.3, -0.25) is 9.59 Å². The first-order chi connectivity index (χ1) is 8.83. The zero-order chi connectivity index (χ0) is 14.2. The Hall–Kier alpha value is -1.19. The number of ether oxygens (including phenoxy) is 1. The van der Waals surface area contributed by atoms with Crippen LogP contribution in [0.15, 0.2) is 0 Å². The molecule has 0 saturated carbocycles. The third-order valence-electron chi connectivity index (χ3n) is 3.38. The standard InChI is InChI=1S/C10H17N3O5S/c1-18-10(15)6-19(16,17)12-4-8(5-12)13-3-7(11)2-9(13)14/h7-8H,2-6,11H2,1H3. The Bertz CT molecular complexity index is 485. The molecule has 0 aromatic rings. The van der Waals surface area contributed by atoms with E-state index in [1.54, 1.807) is 4.90 Å². The molecule has 2 saturated heterocycles. The number of sulfonamides is 1. The average molecular weight is 291 g/mol. The summed E-state index contributed by atoms with van der Waals surface area (Å²) in [5.74, 6) is -1.49. The van der Waals surface area contributed by atoms with Crippen molar-refractivity contribution in [1.82, 2.24) is 9.21 Å². The fraction of sp³-hybridized carbons (Fsp3) is 0.800. The lowest BCUT2D eigenvalue weighted by Gasteiger charge is -2.42. The third-order valence-corrected chi connectivity index (χ3v) is 5.06. The molecule has 0 radical (unpaired) electrons. The van der Waals surface area contributed by atoms with Crippen LogP contribution in [0.25, 0.3) is 0 Å². The molecule has 0 aromatic heterocycles. The van der Waals surface area contributed by atoms with Gasteiger partial charge < -0.3 is 15.4 Å². The monoisotopic (exact) mass is 291 g/mol. The summed E-state index contributed by atoms with van der Waals surface area (Å²) in [5, 5.41) is 0. The van der Waals surface area contributed by atoms with Crippen LogP contribution in [-0.2, 0) is 24.3 Å². The van der Waals surface area contributed by atoms with E-state index in [0.29, 0.717) is 13.0 Å². The predicted octanol–water partition coefficient (Wildman–Crippen LogP) is -2.27. The number of nitrogens with two attached hydrogens (primary N) is 1. The van der Waals surface area contributed by atoms with Gasteiger partial charge in [0.1, 0.15) is 0 Å². The summed E-state index contributed by atoms with van der Waals surface area (Å²) in [6, 6.07) is -0.304. The molecule has 19 heavy (non-hydrogen) atoms. The number of hydrogen-bond donors (Lipinski definition) is 1. The molecule has 1 atom stereocenters. The van der Waals surface area contributed by atoms with E-state index >= 15 is 0 Å². The zero-order valence-electron chi connectivity index (χ0n) is 10.6. The Morgan fingerprint density at radius 1 is 1.42 bits per heavy atom. The van der Waals surface area contributed by atoms with Crippen molar-refractivity contribution in [1.29, 1.82) is 0 Å². The van der Waals surface area contributed by atoms with Gasteiger partial charge in [0.15, 0.2) is 5.75 Å². The summed E-state index contributed by atoms with van der Waals surface area (Å²) < 4.78 is 29.1. The van der Waals surface area contributed by atoms with Gasteiger partial charge in [0.25, 0.3) is 0 Å². The fourth-order valence-electron chi connectivity index (χ4n) is 2.25. The van der Waals surface area contributed by atoms with Crippen LogP contribution < -0.4 is 5.73 Å². The normalized spacial score (nSPS) is 25.5. The molecule has 2 aliphatic rings. The summed E-state index contributed by atoms with van der Waals surface area (Å²) in [6.45, 7) is 0.907. The molecule has 108 valence electrons. The van der Waals surface area contributed by atoms with Gasteiger partial charge in [-0.1, -0.05) is 0 Å². The lowest BCUT2D eigenvalue weighted by Crippen LogP contribution is -2.62. The summed E-state index contributed by atoms with van der Waals surface area (Å²) >= 11 is 0. The quantitative estimate of drug-likeness (QED) is 0.585. The second-order valence-corrected chi connectivity index (χ2v) is 6.78. The second-order valence-electron chi connectivity index (χ2n) is 4.81. The highest BCUT2D eigenvalue weighted by atomic mass is 32.2. The average Bonchev–Trinajstić information content (AvgIpc) is 2.54.